The minimum Gasteiger partial charge on any atom is -0.354 e. The number of carbonyl (C=O) groups excluding carboxylic acids is 1. The number of aryl methyl sites for hydroxylation is 1. The molecule has 0 saturated carbocycles. The van der Waals surface area contributed by atoms with Crippen LogP contribution in [0.3, 0.4) is 0 Å². The maximum atomic E-state index is 11.8. The van der Waals surface area contributed by atoms with Crippen molar-refractivity contribution in [2.45, 2.75) is 18.7 Å². The molecule has 3 nitrogen and oxygen atoms in total. The summed E-state index contributed by atoms with van der Waals surface area (Å²) in [6.07, 6.45) is 0. The van der Waals surface area contributed by atoms with Crippen molar-refractivity contribution in [2.24, 2.45) is 0 Å². The van der Waals surface area contributed by atoms with Gasteiger partial charge < -0.3 is 10.6 Å². The molecule has 104 valence electrons. The standard InChI is InChI=1S/C16H17BrN2O/c1-11-7-9-13(10-8-11)18-14-5-3-4-6-15(14)19-16(20)12(2)17/h3-10,12,18H,1-2H3,(H,19,20). The first-order chi connectivity index (χ1) is 9.56. The van der Waals surface area contributed by atoms with Crippen LogP contribution in [0.1, 0.15) is 12.5 Å². The van der Waals surface area contributed by atoms with E-state index in [9.17, 15) is 4.79 Å². The molecule has 0 aliphatic carbocycles. The molecule has 2 aromatic rings. The molecule has 2 aromatic carbocycles. The van der Waals surface area contributed by atoms with Gasteiger partial charge in [-0.25, -0.2) is 0 Å². The van der Waals surface area contributed by atoms with Crippen molar-refractivity contribution >= 4 is 38.9 Å². The minimum atomic E-state index is -0.227. The molecule has 2 rings (SSSR count). The molecule has 1 amide bonds. The van der Waals surface area contributed by atoms with E-state index >= 15 is 0 Å². The Morgan fingerprint density at radius 1 is 1.05 bits per heavy atom. The van der Waals surface area contributed by atoms with Gasteiger partial charge >= 0.3 is 0 Å². The Labute approximate surface area is 127 Å². The van der Waals surface area contributed by atoms with E-state index in [4.69, 9.17) is 0 Å². The lowest BCUT2D eigenvalue weighted by Crippen LogP contribution is -2.20. The van der Waals surface area contributed by atoms with Gasteiger partial charge in [-0.15, -0.1) is 0 Å². The van der Waals surface area contributed by atoms with Crippen LogP contribution in [0, 0.1) is 6.92 Å². The van der Waals surface area contributed by atoms with Gasteiger partial charge in [0.1, 0.15) is 0 Å². The van der Waals surface area contributed by atoms with Crippen LogP contribution in [-0.2, 0) is 4.79 Å². The average Bonchev–Trinajstić information content (AvgIpc) is 2.43. The van der Waals surface area contributed by atoms with Gasteiger partial charge in [0.15, 0.2) is 0 Å². The summed E-state index contributed by atoms with van der Waals surface area (Å²) in [4.78, 5) is 11.5. The third-order valence-electron chi connectivity index (χ3n) is 2.88. The molecular weight excluding hydrogens is 316 g/mol. The zero-order chi connectivity index (χ0) is 14.5. The molecule has 0 radical (unpaired) electrons. The van der Waals surface area contributed by atoms with Crippen LogP contribution < -0.4 is 10.6 Å². The molecule has 1 atom stereocenters. The number of nitrogens with one attached hydrogen (secondary N) is 2. The number of rotatable bonds is 4. The largest absolute Gasteiger partial charge is 0.354 e. The molecule has 0 aromatic heterocycles. The molecule has 1 unspecified atom stereocenters. The van der Waals surface area contributed by atoms with Crippen LogP contribution in [0.4, 0.5) is 17.1 Å². The zero-order valence-corrected chi connectivity index (χ0v) is 13.1. The lowest BCUT2D eigenvalue weighted by Gasteiger charge is -2.14. The molecule has 20 heavy (non-hydrogen) atoms. The maximum Gasteiger partial charge on any atom is 0.237 e. The van der Waals surface area contributed by atoms with E-state index in [1.54, 1.807) is 6.92 Å². The summed E-state index contributed by atoms with van der Waals surface area (Å²) in [5.41, 5.74) is 3.84. The number of alkyl halides is 1. The van der Waals surface area contributed by atoms with E-state index in [0.29, 0.717) is 0 Å². The molecule has 2 N–H and O–H groups in total. The Kier molecular flexibility index (Phi) is 4.79. The zero-order valence-electron chi connectivity index (χ0n) is 11.5. The van der Waals surface area contributed by atoms with Gasteiger partial charge in [0.25, 0.3) is 0 Å². The maximum absolute atomic E-state index is 11.8. The lowest BCUT2D eigenvalue weighted by molar-refractivity contribution is -0.115. The van der Waals surface area contributed by atoms with Gasteiger partial charge in [-0.1, -0.05) is 45.8 Å². The summed E-state index contributed by atoms with van der Waals surface area (Å²) >= 11 is 3.26. The normalized spacial score (nSPS) is 11.8. The van der Waals surface area contributed by atoms with E-state index in [2.05, 4.69) is 33.5 Å². The molecule has 0 aliphatic heterocycles. The summed E-state index contributed by atoms with van der Waals surface area (Å²) in [5.74, 6) is -0.0665. The number of carbonyl (C=O) groups is 1. The number of hydrogen-bond donors (Lipinski definition) is 2. The molecule has 0 spiro atoms. The van der Waals surface area contributed by atoms with Gasteiger partial charge in [-0.3, -0.25) is 4.79 Å². The molecule has 0 bridgehead atoms. The van der Waals surface area contributed by atoms with E-state index < -0.39 is 0 Å². The van der Waals surface area contributed by atoms with Gasteiger partial charge in [0.05, 0.1) is 16.2 Å². The Morgan fingerprint density at radius 2 is 1.65 bits per heavy atom. The summed E-state index contributed by atoms with van der Waals surface area (Å²) < 4.78 is 0. The van der Waals surface area contributed by atoms with Crippen LogP contribution in [-0.4, -0.2) is 10.7 Å². The smallest absolute Gasteiger partial charge is 0.237 e. The Morgan fingerprint density at radius 3 is 2.25 bits per heavy atom. The highest BCUT2D eigenvalue weighted by molar-refractivity contribution is 9.10. The van der Waals surface area contributed by atoms with E-state index in [1.165, 1.54) is 5.56 Å². The van der Waals surface area contributed by atoms with Gasteiger partial charge in [-0.05, 0) is 38.1 Å². The highest BCUT2D eigenvalue weighted by Crippen LogP contribution is 2.25. The third kappa shape index (κ3) is 3.84. The molecular formula is C16H17BrN2O. The molecule has 0 saturated heterocycles. The first kappa shape index (κ1) is 14.6. The Bertz CT molecular complexity index is 594. The van der Waals surface area contributed by atoms with Crippen molar-refractivity contribution in [2.75, 3.05) is 10.6 Å². The first-order valence-corrected chi connectivity index (χ1v) is 7.35. The van der Waals surface area contributed by atoms with Crippen molar-refractivity contribution in [1.82, 2.24) is 0 Å². The molecule has 4 heteroatoms. The second kappa shape index (κ2) is 6.57. The highest BCUT2D eigenvalue weighted by Gasteiger charge is 2.11. The lowest BCUT2D eigenvalue weighted by atomic mass is 10.2. The van der Waals surface area contributed by atoms with E-state index in [0.717, 1.165) is 17.1 Å². The van der Waals surface area contributed by atoms with Gasteiger partial charge in [0, 0.05) is 5.69 Å². The van der Waals surface area contributed by atoms with Gasteiger partial charge in [-0.2, -0.15) is 0 Å². The SMILES string of the molecule is Cc1ccc(Nc2ccccc2NC(=O)C(C)Br)cc1. The predicted octanol–water partition coefficient (Wildman–Crippen LogP) is 4.46. The summed E-state index contributed by atoms with van der Waals surface area (Å²) in [5, 5.41) is 6.21. The topological polar surface area (TPSA) is 41.1 Å². The number of benzene rings is 2. The highest BCUT2D eigenvalue weighted by atomic mass is 79.9. The molecule has 0 heterocycles. The van der Waals surface area contributed by atoms with E-state index in [-0.39, 0.29) is 10.7 Å². The predicted molar refractivity (Wildman–Crippen MR) is 87.9 cm³/mol. The average molecular weight is 333 g/mol. The van der Waals surface area contributed by atoms with Crippen molar-refractivity contribution in [3.63, 3.8) is 0 Å². The summed E-state index contributed by atoms with van der Waals surface area (Å²) in [6.45, 7) is 3.85. The number of halogens is 1. The molecule has 0 fully saturated rings. The number of hydrogen-bond acceptors (Lipinski definition) is 2. The first-order valence-electron chi connectivity index (χ1n) is 6.44. The van der Waals surface area contributed by atoms with Crippen molar-refractivity contribution in [3.05, 3.63) is 54.1 Å². The fourth-order valence-electron chi connectivity index (χ4n) is 1.73. The minimum absolute atomic E-state index is 0.0665. The fraction of sp³-hybridized carbons (Fsp3) is 0.188. The quantitative estimate of drug-likeness (QED) is 0.811. The Balaban J connectivity index is 2.19. The van der Waals surface area contributed by atoms with Crippen LogP contribution in [0.25, 0.3) is 0 Å². The second-order valence-electron chi connectivity index (χ2n) is 4.64. The Hall–Kier alpha value is -1.81. The molecule has 0 aliphatic rings. The summed E-state index contributed by atoms with van der Waals surface area (Å²) in [6, 6.07) is 15.8. The monoisotopic (exact) mass is 332 g/mol. The fourth-order valence-corrected chi connectivity index (χ4v) is 1.84. The number of anilines is 3. The number of amides is 1. The second-order valence-corrected chi connectivity index (χ2v) is 6.02. The van der Waals surface area contributed by atoms with Crippen LogP contribution in [0.2, 0.25) is 0 Å². The van der Waals surface area contributed by atoms with Crippen molar-refractivity contribution in [1.29, 1.82) is 0 Å². The summed E-state index contributed by atoms with van der Waals surface area (Å²) in [7, 11) is 0. The van der Waals surface area contributed by atoms with Crippen LogP contribution in [0.15, 0.2) is 48.5 Å². The van der Waals surface area contributed by atoms with E-state index in [1.807, 2.05) is 48.5 Å². The van der Waals surface area contributed by atoms with Crippen LogP contribution in [0.5, 0.6) is 0 Å². The van der Waals surface area contributed by atoms with Crippen LogP contribution >= 0.6 is 15.9 Å². The third-order valence-corrected chi connectivity index (χ3v) is 3.29. The van der Waals surface area contributed by atoms with Crippen molar-refractivity contribution in [3.8, 4) is 0 Å². The van der Waals surface area contributed by atoms with Gasteiger partial charge in [0.2, 0.25) is 5.91 Å². The van der Waals surface area contributed by atoms with Crippen molar-refractivity contribution < 1.29 is 4.79 Å². The number of para-hydroxylation sites is 2.